The van der Waals surface area contributed by atoms with Gasteiger partial charge in [0.15, 0.2) is 0 Å². The molecule has 0 spiro atoms. The van der Waals surface area contributed by atoms with Crippen molar-refractivity contribution in [3.8, 4) is 0 Å². The number of anilines is 2. The zero-order valence-corrected chi connectivity index (χ0v) is 25.3. The third-order valence-corrected chi connectivity index (χ3v) is 9.37. The Kier molecular flexibility index (Phi) is 8.08. The number of thiophene rings is 1. The number of rotatable bonds is 6. The van der Waals surface area contributed by atoms with E-state index in [0.717, 1.165) is 58.2 Å². The molecule has 9 nitrogen and oxygen atoms in total. The van der Waals surface area contributed by atoms with Gasteiger partial charge in [-0.2, -0.15) is 0 Å². The zero-order valence-electron chi connectivity index (χ0n) is 24.5. The number of fused-ring (bicyclic) bond motifs is 3. The summed E-state index contributed by atoms with van der Waals surface area (Å²) in [7, 11) is 0. The van der Waals surface area contributed by atoms with Gasteiger partial charge in [0.1, 0.15) is 6.61 Å². The molecule has 0 radical (unpaired) electrons. The van der Waals surface area contributed by atoms with Crippen LogP contribution in [0.3, 0.4) is 0 Å². The molecule has 3 aromatic carbocycles. The van der Waals surface area contributed by atoms with Crippen molar-refractivity contribution in [1.82, 2.24) is 24.8 Å². The van der Waals surface area contributed by atoms with E-state index in [-0.39, 0.29) is 18.6 Å². The van der Waals surface area contributed by atoms with Gasteiger partial charge in [-0.3, -0.25) is 4.79 Å². The lowest BCUT2D eigenvalue weighted by atomic mass is 10.1. The predicted octanol–water partition coefficient (Wildman–Crippen LogP) is 6.48. The highest BCUT2D eigenvalue weighted by molar-refractivity contribution is 7.21. The molecule has 44 heavy (non-hydrogen) atoms. The van der Waals surface area contributed by atoms with Crippen molar-refractivity contribution in [2.24, 2.45) is 0 Å². The fourth-order valence-corrected chi connectivity index (χ4v) is 6.95. The molecular weight excluding hydrogens is 572 g/mol. The first-order valence-electron chi connectivity index (χ1n) is 15.2. The van der Waals surface area contributed by atoms with Gasteiger partial charge < -0.3 is 14.5 Å². The first kappa shape index (κ1) is 28.2. The number of aromatic nitrogens is 2. The maximum Gasteiger partial charge on any atom is 0.410 e. The average molecular weight is 607 g/mol. The monoisotopic (exact) mass is 606 g/mol. The van der Waals surface area contributed by atoms with E-state index in [0.29, 0.717) is 37.0 Å². The lowest BCUT2D eigenvalue weighted by Gasteiger charge is -2.37. The maximum absolute atomic E-state index is 13.6. The highest BCUT2D eigenvalue weighted by atomic mass is 32.1. The number of hydrazine groups is 1. The van der Waals surface area contributed by atoms with Gasteiger partial charge in [0.25, 0.3) is 5.91 Å². The summed E-state index contributed by atoms with van der Waals surface area (Å²) in [6.45, 7) is 3.95. The number of carbonyl (C=O) groups excluding carboxylic acids is 2. The van der Waals surface area contributed by atoms with Crippen molar-refractivity contribution in [3.05, 3.63) is 95.5 Å². The number of benzene rings is 3. The minimum Gasteiger partial charge on any atom is -0.445 e. The smallest absolute Gasteiger partial charge is 0.410 e. The summed E-state index contributed by atoms with van der Waals surface area (Å²) < 4.78 is 6.50. The van der Waals surface area contributed by atoms with Crippen LogP contribution in [0.4, 0.5) is 16.4 Å². The van der Waals surface area contributed by atoms with Crippen LogP contribution >= 0.6 is 11.3 Å². The van der Waals surface area contributed by atoms with Gasteiger partial charge in [0.2, 0.25) is 5.95 Å². The largest absolute Gasteiger partial charge is 0.445 e. The van der Waals surface area contributed by atoms with E-state index in [4.69, 9.17) is 14.7 Å². The van der Waals surface area contributed by atoms with Crippen molar-refractivity contribution in [1.29, 1.82) is 0 Å². The zero-order chi connectivity index (χ0) is 29.9. The van der Waals surface area contributed by atoms with Gasteiger partial charge in [-0.05, 0) is 48.7 Å². The molecule has 0 saturated carbocycles. The molecule has 2 fully saturated rings. The second-order valence-electron chi connectivity index (χ2n) is 11.2. The molecule has 5 aromatic rings. The highest BCUT2D eigenvalue weighted by Crippen LogP contribution is 2.34. The van der Waals surface area contributed by atoms with E-state index in [2.05, 4.69) is 22.2 Å². The molecule has 0 unspecified atom stereocenters. The Hall–Kier alpha value is -4.54. The Morgan fingerprint density at radius 3 is 2.27 bits per heavy atom. The number of amides is 2. The summed E-state index contributed by atoms with van der Waals surface area (Å²) in [5.41, 5.74) is 2.82. The molecule has 10 heteroatoms. The molecule has 4 heterocycles. The Morgan fingerprint density at radius 1 is 0.818 bits per heavy atom. The van der Waals surface area contributed by atoms with Crippen molar-refractivity contribution < 1.29 is 14.3 Å². The van der Waals surface area contributed by atoms with Crippen molar-refractivity contribution in [2.45, 2.75) is 25.9 Å². The second kappa shape index (κ2) is 12.6. The minimum absolute atomic E-state index is 0.0230. The second-order valence-corrected chi connectivity index (χ2v) is 12.3. The summed E-state index contributed by atoms with van der Waals surface area (Å²) in [4.78, 5) is 40.3. The van der Waals surface area contributed by atoms with Crippen LogP contribution in [-0.4, -0.2) is 76.0 Å². The summed E-state index contributed by atoms with van der Waals surface area (Å²) in [6.07, 6.45) is 5.04. The van der Waals surface area contributed by atoms with E-state index >= 15 is 0 Å². The third kappa shape index (κ3) is 5.82. The predicted molar refractivity (Wildman–Crippen MR) is 173 cm³/mol. The fraction of sp³-hybridized carbons (Fsp3) is 0.294. The molecule has 0 N–H and O–H groups in total. The Labute approximate surface area is 260 Å². The molecule has 7 rings (SSSR count). The minimum atomic E-state index is -0.348. The number of ether oxygens (including phenoxy) is 1. The molecule has 2 aromatic heterocycles. The van der Waals surface area contributed by atoms with E-state index in [1.165, 1.54) is 17.8 Å². The van der Waals surface area contributed by atoms with Crippen LogP contribution in [0.2, 0.25) is 0 Å². The van der Waals surface area contributed by atoms with Gasteiger partial charge in [-0.15, -0.1) is 11.3 Å². The van der Waals surface area contributed by atoms with E-state index < -0.39 is 0 Å². The van der Waals surface area contributed by atoms with Crippen LogP contribution in [0, 0.1) is 0 Å². The van der Waals surface area contributed by atoms with Gasteiger partial charge in [-0.1, -0.05) is 55.0 Å². The van der Waals surface area contributed by atoms with Crippen molar-refractivity contribution in [2.75, 3.05) is 44.3 Å². The summed E-state index contributed by atoms with van der Waals surface area (Å²) >= 11 is 1.48. The van der Waals surface area contributed by atoms with Crippen LogP contribution in [0.5, 0.6) is 0 Å². The molecular formula is C34H34N6O3S. The lowest BCUT2D eigenvalue weighted by Crippen LogP contribution is -2.50. The van der Waals surface area contributed by atoms with Crippen LogP contribution in [0.1, 0.15) is 34.5 Å². The van der Waals surface area contributed by atoms with E-state index in [1.54, 1.807) is 4.90 Å². The Bertz CT molecular complexity index is 1770. The first-order valence-corrected chi connectivity index (χ1v) is 16.0. The number of hydrogen-bond acceptors (Lipinski definition) is 8. The highest BCUT2D eigenvalue weighted by Gasteiger charge is 2.28. The number of hydrogen-bond donors (Lipinski definition) is 0. The SMILES string of the molecule is O=C(OCc1ccccc1)N1CCN(C(=O)c2cc3c(ccc4cnc(N(c5ccccc5)N5CCCCC5)nc43)s2)CC1. The number of piperazine rings is 1. The first-order chi connectivity index (χ1) is 21.6. The third-order valence-electron chi connectivity index (χ3n) is 8.28. The van der Waals surface area contributed by atoms with Gasteiger partial charge >= 0.3 is 6.09 Å². The van der Waals surface area contributed by atoms with Crippen LogP contribution in [0.15, 0.2) is 85.1 Å². The molecule has 0 aliphatic carbocycles. The van der Waals surface area contributed by atoms with E-state index in [9.17, 15) is 9.59 Å². The van der Waals surface area contributed by atoms with Gasteiger partial charge in [0.05, 0.1) is 16.1 Å². The maximum atomic E-state index is 13.6. The summed E-state index contributed by atoms with van der Waals surface area (Å²) in [6, 6.07) is 25.9. The van der Waals surface area contributed by atoms with Crippen LogP contribution in [-0.2, 0) is 11.3 Å². The molecule has 0 bridgehead atoms. The molecule has 2 saturated heterocycles. The number of piperidine rings is 1. The van der Waals surface area contributed by atoms with Gasteiger partial charge in [-0.25, -0.2) is 24.8 Å². The molecule has 0 atom stereocenters. The van der Waals surface area contributed by atoms with Crippen LogP contribution in [0.25, 0.3) is 21.0 Å². The molecule has 224 valence electrons. The average Bonchev–Trinajstić information content (AvgIpc) is 3.54. The topological polar surface area (TPSA) is 82.1 Å². The molecule has 2 amide bonds. The normalized spacial score (nSPS) is 15.9. The fourth-order valence-electron chi connectivity index (χ4n) is 5.92. The Balaban J connectivity index is 1.09. The number of nitrogens with zero attached hydrogens (tertiary/aromatic N) is 6. The lowest BCUT2D eigenvalue weighted by molar-refractivity contribution is 0.0547. The summed E-state index contributed by atoms with van der Waals surface area (Å²) in [5, 5.41) is 6.36. The van der Waals surface area contributed by atoms with Crippen LogP contribution < -0.4 is 5.01 Å². The Morgan fingerprint density at radius 2 is 1.52 bits per heavy atom. The quantitative estimate of drug-likeness (QED) is 0.219. The van der Waals surface area contributed by atoms with E-state index in [1.807, 2.05) is 77.8 Å². The number of para-hydroxylation sites is 1. The van der Waals surface area contributed by atoms with Crippen molar-refractivity contribution >= 4 is 56.0 Å². The van der Waals surface area contributed by atoms with Crippen molar-refractivity contribution in [3.63, 3.8) is 0 Å². The van der Waals surface area contributed by atoms with Gasteiger partial charge in [0, 0.05) is 60.9 Å². The molecule has 2 aliphatic rings. The number of carbonyl (C=O) groups is 2. The molecule has 2 aliphatic heterocycles. The summed E-state index contributed by atoms with van der Waals surface area (Å²) in [5.74, 6) is 0.609. The standard InChI is InChI=1S/C34H34N6O3S/c41-32(37-18-20-38(21-19-37)34(42)43-24-25-10-4-1-5-11-25)30-22-28-29(44-30)15-14-26-23-35-33(36-31(26)28)40(27-12-6-2-7-13-27)39-16-8-3-9-17-39/h1-2,4-7,10-15,22-23H,3,8-9,16-21,24H2.